The van der Waals surface area contributed by atoms with Crippen molar-refractivity contribution in [2.75, 3.05) is 32.8 Å². The minimum absolute atomic E-state index is 0.266. The molecule has 360 valence electrons. The van der Waals surface area contributed by atoms with Gasteiger partial charge < -0.3 is 34.9 Å². The number of alkyl carbamates (subject to hydrolysis) is 1. The Balaban J connectivity index is 4.53. The topological polar surface area (TPSA) is 175 Å². The van der Waals surface area contributed by atoms with Gasteiger partial charge in [0.25, 0.3) is 0 Å². The zero-order valence-electron chi connectivity index (χ0n) is 39.8. The maximum absolute atomic E-state index is 12.6. The van der Waals surface area contributed by atoms with E-state index >= 15 is 0 Å². The smallest absolute Gasteiger partial charge is 0.408 e. The van der Waals surface area contributed by atoms with Gasteiger partial charge >= 0.3 is 24.0 Å². The Morgan fingerprint density at radius 1 is 0.460 bits per heavy atom. The van der Waals surface area contributed by atoms with E-state index in [1.54, 1.807) is 20.8 Å². The van der Waals surface area contributed by atoms with Gasteiger partial charge in [0.1, 0.15) is 38.4 Å². The Labute approximate surface area is 380 Å². The molecule has 0 aliphatic heterocycles. The monoisotopic (exact) mass is 888 g/mol. The summed E-state index contributed by atoms with van der Waals surface area (Å²) >= 11 is 0. The van der Waals surface area contributed by atoms with Crippen molar-refractivity contribution >= 4 is 35.8 Å². The van der Waals surface area contributed by atoms with Crippen molar-refractivity contribution in [2.24, 2.45) is 0 Å². The lowest BCUT2D eigenvalue weighted by atomic mass is 10.1. The molecule has 0 aliphatic carbocycles. The van der Waals surface area contributed by atoms with Gasteiger partial charge in [-0.2, -0.15) is 0 Å². The Morgan fingerprint density at radius 2 is 0.825 bits per heavy atom. The van der Waals surface area contributed by atoms with Crippen molar-refractivity contribution in [3.05, 3.63) is 48.6 Å². The lowest BCUT2D eigenvalue weighted by molar-refractivity contribution is -0.165. The first kappa shape index (κ1) is 58.6. The maximum atomic E-state index is 12.6. The Kier molecular flexibility index (Phi) is 38.7. The Morgan fingerprint density at radius 3 is 1.24 bits per heavy atom. The molecule has 0 fully saturated rings. The highest BCUT2D eigenvalue weighted by Gasteiger charge is 2.22. The second-order valence-corrected chi connectivity index (χ2v) is 16.8. The summed E-state index contributed by atoms with van der Waals surface area (Å²) in [6, 6.07) is 0. The van der Waals surface area contributed by atoms with E-state index in [9.17, 15) is 28.8 Å². The zero-order valence-corrected chi connectivity index (χ0v) is 39.8. The molecule has 0 aromatic carbocycles. The first-order chi connectivity index (χ1) is 30.4. The first-order valence-corrected chi connectivity index (χ1v) is 24.0. The number of carbonyl (C=O) groups is 6. The molecule has 13 heteroatoms. The number of hydrogen-bond acceptors (Lipinski definition) is 10. The van der Waals surface area contributed by atoms with Crippen LogP contribution in [-0.2, 0) is 42.9 Å². The Hall–Kier alpha value is -4.42. The second kappa shape index (κ2) is 41.6. The fourth-order valence-corrected chi connectivity index (χ4v) is 5.99. The van der Waals surface area contributed by atoms with E-state index in [4.69, 9.17) is 18.9 Å². The van der Waals surface area contributed by atoms with E-state index in [0.29, 0.717) is 12.8 Å². The number of rotatable bonds is 39. The fraction of sp³-hybridized carbons (Fsp3) is 0.720. The summed E-state index contributed by atoms with van der Waals surface area (Å²) in [5.41, 5.74) is -0.767. The Bertz CT molecular complexity index is 1350. The maximum Gasteiger partial charge on any atom is 0.408 e. The number of amides is 3. The van der Waals surface area contributed by atoms with E-state index in [0.717, 1.165) is 89.9 Å². The predicted octanol–water partition coefficient (Wildman–Crippen LogP) is 10.4. The molecule has 1 atom stereocenters. The molecule has 0 aliphatic rings. The van der Waals surface area contributed by atoms with Crippen LogP contribution in [0.1, 0.15) is 189 Å². The first-order valence-electron chi connectivity index (χ1n) is 24.0. The zero-order chi connectivity index (χ0) is 46.7. The van der Waals surface area contributed by atoms with Gasteiger partial charge in [-0.05, 0) is 97.8 Å². The van der Waals surface area contributed by atoms with Crippen LogP contribution in [0.2, 0.25) is 0 Å². The highest BCUT2D eigenvalue weighted by Crippen LogP contribution is 2.10. The van der Waals surface area contributed by atoms with Gasteiger partial charge in [-0.25, -0.2) is 4.79 Å². The minimum atomic E-state index is -1.21. The fourth-order valence-electron chi connectivity index (χ4n) is 5.99. The lowest BCUT2D eigenvalue weighted by Gasteiger charge is -2.20. The third-order valence-electron chi connectivity index (χ3n) is 9.50. The van der Waals surface area contributed by atoms with Crippen LogP contribution in [0.4, 0.5) is 4.79 Å². The predicted molar refractivity (Wildman–Crippen MR) is 251 cm³/mol. The van der Waals surface area contributed by atoms with Crippen molar-refractivity contribution in [3.8, 4) is 0 Å². The van der Waals surface area contributed by atoms with Crippen molar-refractivity contribution in [2.45, 2.75) is 200 Å². The standard InChI is InChI=1S/C50H85N3O10/c1-6-8-10-12-14-16-18-20-22-24-26-28-30-32-34-36-44(54)51-38-46(56)60-41-43(42-61-47(57)39-53-49(59)63-50(3,4)5)62-48(58)40-52-45(55)37-35-33-31-29-27-25-23-21-19-17-15-13-11-9-7-2/h14-17,20-23,43H,6-13,18-19,24-42H2,1-5H3,(H,51,54)(H,52,55)(H,53,59)/b16-14-,17-15-,22-20-,23-21-. The van der Waals surface area contributed by atoms with Gasteiger partial charge in [-0.1, -0.05) is 127 Å². The molecule has 0 heterocycles. The molecular formula is C50H85N3O10. The van der Waals surface area contributed by atoms with Crippen LogP contribution in [0, 0.1) is 0 Å². The van der Waals surface area contributed by atoms with E-state index in [-0.39, 0.29) is 31.2 Å². The number of esters is 3. The minimum Gasteiger partial charge on any atom is -0.460 e. The van der Waals surface area contributed by atoms with Crippen molar-refractivity contribution in [3.63, 3.8) is 0 Å². The average molecular weight is 888 g/mol. The number of unbranched alkanes of at least 4 members (excludes halogenated alkanes) is 16. The highest BCUT2D eigenvalue weighted by molar-refractivity contribution is 5.82. The van der Waals surface area contributed by atoms with Crippen LogP contribution in [0.15, 0.2) is 48.6 Å². The average Bonchev–Trinajstić information content (AvgIpc) is 3.24. The summed E-state index contributed by atoms with van der Waals surface area (Å²) < 4.78 is 20.8. The molecule has 0 saturated heterocycles. The quantitative estimate of drug-likeness (QED) is 0.0233. The molecule has 0 spiro atoms. The summed E-state index contributed by atoms with van der Waals surface area (Å²) in [7, 11) is 0. The summed E-state index contributed by atoms with van der Waals surface area (Å²) in [5.74, 6) is -3.01. The normalized spacial score (nSPS) is 12.2. The number of nitrogens with one attached hydrogen (secondary N) is 3. The molecule has 0 saturated carbocycles. The molecule has 13 nitrogen and oxygen atoms in total. The van der Waals surface area contributed by atoms with E-state index < -0.39 is 62.0 Å². The van der Waals surface area contributed by atoms with E-state index in [2.05, 4.69) is 78.4 Å². The van der Waals surface area contributed by atoms with Gasteiger partial charge in [0.15, 0.2) is 6.10 Å². The summed E-state index contributed by atoms with van der Waals surface area (Å²) in [6.07, 6.45) is 40.0. The number of ether oxygens (including phenoxy) is 4. The lowest BCUT2D eigenvalue weighted by Crippen LogP contribution is -2.39. The molecule has 1 unspecified atom stereocenters. The van der Waals surface area contributed by atoms with Gasteiger partial charge in [0, 0.05) is 12.8 Å². The molecule has 0 bridgehead atoms. The van der Waals surface area contributed by atoms with Gasteiger partial charge in [0.05, 0.1) is 0 Å². The molecule has 63 heavy (non-hydrogen) atoms. The van der Waals surface area contributed by atoms with Crippen LogP contribution in [0.25, 0.3) is 0 Å². The van der Waals surface area contributed by atoms with E-state index in [1.165, 1.54) is 38.5 Å². The van der Waals surface area contributed by atoms with Crippen LogP contribution >= 0.6 is 0 Å². The van der Waals surface area contributed by atoms with Gasteiger partial charge in [-0.3, -0.25) is 24.0 Å². The van der Waals surface area contributed by atoms with Crippen molar-refractivity contribution in [1.29, 1.82) is 0 Å². The summed E-state index contributed by atoms with van der Waals surface area (Å²) in [5, 5.41) is 7.37. The summed E-state index contributed by atoms with van der Waals surface area (Å²) in [6.45, 7) is 7.16. The van der Waals surface area contributed by atoms with Crippen LogP contribution in [0.5, 0.6) is 0 Å². The third kappa shape index (κ3) is 44.0. The largest absolute Gasteiger partial charge is 0.460 e. The van der Waals surface area contributed by atoms with E-state index in [1.807, 2.05) is 0 Å². The third-order valence-corrected chi connectivity index (χ3v) is 9.50. The number of carbonyl (C=O) groups excluding carboxylic acids is 6. The van der Waals surface area contributed by atoms with Crippen molar-refractivity contribution in [1.82, 2.24) is 16.0 Å². The molecule has 0 aromatic rings. The molecule has 3 N–H and O–H groups in total. The van der Waals surface area contributed by atoms with Gasteiger partial charge in [0.2, 0.25) is 11.8 Å². The van der Waals surface area contributed by atoms with Crippen LogP contribution < -0.4 is 16.0 Å². The number of hydrogen-bond donors (Lipinski definition) is 3. The second-order valence-electron chi connectivity index (χ2n) is 16.8. The molecule has 3 amide bonds. The van der Waals surface area contributed by atoms with Crippen LogP contribution in [-0.4, -0.2) is 80.4 Å². The summed E-state index contributed by atoms with van der Waals surface area (Å²) in [4.78, 5) is 74.0. The molecule has 0 rings (SSSR count). The van der Waals surface area contributed by atoms with Crippen LogP contribution in [0.3, 0.4) is 0 Å². The molecular weight excluding hydrogens is 803 g/mol. The molecule has 0 aromatic heterocycles. The highest BCUT2D eigenvalue weighted by atomic mass is 16.6. The van der Waals surface area contributed by atoms with Crippen molar-refractivity contribution < 1.29 is 47.7 Å². The van der Waals surface area contributed by atoms with Gasteiger partial charge in [-0.15, -0.1) is 0 Å². The molecule has 0 radical (unpaired) electrons. The SMILES string of the molecule is CCCCC/C=C\C/C=C\CCCCCCCC(=O)NCC(=O)OCC(COC(=O)CNC(=O)OC(C)(C)C)OC(=O)CNC(=O)CCCCCCC/C=C\C/C=C\CCCCC. The number of allylic oxidation sites excluding steroid dienone is 8.